The molecule has 0 aromatic rings. The molecular formula is C12H20O3. The summed E-state index contributed by atoms with van der Waals surface area (Å²) in [5.74, 6) is -1.04. The van der Waals surface area contributed by atoms with Crippen LogP contribution in [-0.4, -0.2) is 16.9 Å². The minimum Gasteiger partial charge on any atom is -0.481 e. The fourth-order valence-corrected chi connectivity index (χ4v) is 2.46. The summed E-state index contributed by atoms with van der Waals surface area (Å²) in [6, 6.07) is 0. The van der Waals surface area contributed by atoms with Gasteiger partial charge in [0.25, 0.3) is 0 Å². The highest BCUT2D eigenvalue weighted by Crippen LogP contribution is 2.43. The average molecular weight is 212 g/mol. The Bertz CT molecular complexity index is 268. The van der Waals surface area contributed by atoms with E-state index in [4.69, 9.17) is 5.11 Å². The maximum absolute atomic E-state index is 11.3. The summed E-state index contributed by atoms with van der Waals surface area (Å²) in [5, 5.41) is 9.13. The first-order valence-electron chi connectivity index (χ1n) is 5.63. The van der Waals surface area contributed by atoms with Gasteiger partial charge < -0.3 is 5.11 Å². The highest BCUT2D eigenvalue weighted by Gasteiger charge is 2.41. The molecule has 0 bridgehead atoms. The molecule has 15 heavy (non-hydrogen) atoms. The quantitative estimate of drug-likeness (QED) is 0.782. The summed E-state index contributed by atoms with van der Waals surface area (Å²) >= 11 is 0. The average Bonchev–Trinajstić information content (AvgIpc) is 2.17. The lowest BCUT2D eigenvalue weighted by atomic mass is 9.64. The predicted molar refractivity (Wildman–Crippen MR) is 57.5 cm³/mol. The molecule has 0 radical (unpaired) electrons. The number of carbonyl (C=O) groups excluding carboxylic acids is 1. The summed E-state index contributed by atoms with van der Waals surface area (Å²) in [7, 11) is 0. The molecule has 2 unspecified atom stereocenters. The van der Waals surface area contributed by atoms with Gasteiger partial charge in [-0.25, -0.2) is 0 Å². The van der Waals surface area contributed by atoms with Crippen molar-refractivity contribution < 1.29 is 14.7 Å². The number of carboxylic acids is 1. The van der Waals surface area contributed by atoms with Crippen molar-refractivity contribution >= 4 is 11.8 Å². The van der Waals surface area contributed by atoms with Crippen LogP contribution in [-0.2, 0) is 9.59 Å². The number of hydrogen-bond acceptors (Lipinski definition) is 2. The molecule has 0 aromatic carbocycles. The van der Waals surface area contributed by atoms with E-state index in [1.54, 1.807) is 0 Å². The molecule has 1 fully saturated rings. The molecule has 0 amide bonds. The second-order valence-electron chi connectivity index (χ2n) is 5.17. The predicted octanol–water partition coefficient (Wildman–Crippen LogP) is 2.49. The number of hydrogen-bond donors (Lipinski definition) is 1. The van der Waals surface area contributed by atoms with Gasteiger partial charge >= 0.3 is 5.97 Å². The summed E-state index contributed by atoms with van der Waals surface area (Å²) in [6.45, 7) is 6.28. The van der Waals surface area contributed by atoms with Gasteiger partial charge in [0.1, 0.15) is 5.78 Å². The molecule has 3 heteroatoms. The first-order valence-corrected chi connectivity index (χ1v) is 5.63. The molecular weight excluding hydrogens is 192 g/mol. The van der Waals surface area contributed by atoms with Gasteiger partial charge in [-0.05, 0) is 17.8 Å². The molecule has 1 saturated carbocycles. The monoisotopic (exact) mass is 212 g/mol. The van der Waals surface area contributed by atoms with Gasteiger partial charge in [0, 0.05) is 12.8 Å². The molecule has 86 valence electrons. The van der Waals surface area contributed by atoms with Crippen LogP contribution in [0.4, 0.5) is 0 Å². The topological polar surface area (TPSA) is 54.4 Å². The van der Waals surface area contributed by atoms with Crippen LogP contribution in [0.5, 0.6) is 0 Å². The molecule has 3 nitrogen and oxygen atoms in total. The lowest BCUT2D eigenvalue weighted by molar-refractivity contribution is -0.150. The maximum Gasteiger partial charge on any atom is 0.307 e. The number of carbonyl (C=O) groups is 2. The zero-order valence-electron chi connectivity index (χ0n) is 9.75. The first kappa shape index (κ1) is 12.2. The number of rotatable bonds is 3. The Morgan fingerprint density at radius 2 is 2.13 bits per heavy atom. The van der Waals surface area contributed by atoms with Crippen molar-refractivity contribution in [2.75, 3.05) is 0 Å². The van der Waals surface area contributed by atoms with Gasteiger partial charge in [-0.1, -0.05) is 27.2 Å². The zero-order valence-corrected chi connectivity index (χ0v) is 9.75. The molecule has 0 saturated heterocycles. The molecule has 0 spiro atoms. The van der Waals surface area contributed by atoms with Crippen molar-refractivity contribution in [2.45, 2.75) is 46.5 Å². The number of aliphatic carboxylic acids is 1. The highest BCUT2D eigenvalue weighted by molar-refractivity contribution is 5.85. The summed E-state index contributed by atoms with van der Waals surface area (Å²) in [4.78, 5) is 22.4. The minimum absolute atomic E-state index is 0.0176. The number of ketones is 1. The second kappa shape index (κ2) is 4.33. The standard InChI is InChI=1S/C12H20O3/c1-4-12(2,3)10-6-5-8(13)7-9(10)11(14)15/h9-10H,4-7H2,1-3H3,(H,14,15). The SMILES string of the molecule is CCC(C)(C)C1CCC(=O)CC1C(=O)O. The third-order valence-corrected chi connectivity index (χ3v) is 3.90. The van der Waals surface area contributed by atoms with E-state index in [0.29, 0.717) is 6.42 Å². The largest absolute Gasteiger partial charge is 0.481 e. The Morgan fingerprint density at radius 1 is 1.53 bits per heavy atom. The van der Waals surface area contributed by atoms with Crippen molar-refractivity contribution in [2.24, 2.45) is 17.3 Å². The molecule has 1 N–H and O–H groups in total. The summed E-state index contributed by atoms with van der Waals surface area (Å²) in [5.41, 5.74) is 0.0176. The smallest absolute Gasteiger partial charge is 0.307 e. The normalized spacial score (nSPS) is 27.8. The molecule has 1 aliphatic carbocycles. The van der Waals surface area contributed by atoms with E-state index < -0.39 is 11.9 Å². The lowest BCUT2D eigenvalue weighted by Gasteiger charge is -2.39. The van der Waals surface area contributed by atoms with E-state index in [0.717, 1.165) is 12.8 Å². The second-order valence-corrected chi connectivity index (χ2v) is 5.17. The van der Waals surface area contributed by atoms with Crippen molar-refractivity contribution in [3.63, 3.8) is 0 Å². The van der Waals surface area contributed by atoms with Gasteiger partial charge in [-0.2, -0.15) is 0 Å². The van der Waals surface area contributed by atoms with Crippen LogP contribution >= 0.6 is 0 Å². The number of carboxylic acid groups (broad SMARTS) is 1. The van der Waals surface area contributed by atoms with Gasteiger partial charge in [0.2, 0.25) is 0 Å². The van der Waals surface area contributed by atoms with E-state index in [-0.39, 0.29) is 23.5 Å². The lowest BCUT2D eigenvalue weighted by Crippen LogP contribution is -2.39. The maximum atomic E-state index is 11.3. The molecule has 1 rings (SSSR count). The fourth-order valence-electron chi connectivity index (χ4n) is 2.46. The third kappa shape index (κ3) is 2.58. The fraction of sp³-hybridized carbons (Fsp3) is 0.833. The highest BCUT2D eigenvalue weighted by atomic mass is 16.4. The van der Waals surface area contributed by atoms with Crippen LogP contribution < -0.4 is 0 Å². The van der Waals surface area contributed by atoms with Crippen LogP contribution in [0.2, 0.25) is 0 Å². The Morgan fingerprint density at radius 3 is 2.60 bits per heavy atom. The van der Waals surface area contributed by atoms with E-state index in [1.807, 2.05) is 0 Å². The Balaban J connectivity index is 2.86. The van der Waals surface area contributed by atoms with E-state index in [2.05, 4.69) is 20.8 Å². The minimum atomic E-state index is -0.811. The van der Waals surface area contributed by atoms with E-state index >= 15 is 0 Å². The van der Waals surface area contributed by atoms with Crippen molar-refractivity contribution in [1.29, 1.82) is 0 Å². The van der Waals surface area contributed by atoms with Crippen molar-refractivity contribution in [1.82, 2.24) is 0 Å². The summed E-state index contributed by atoms with van der Waals surface area (Å²) < 4.78 is 0. The van der Waals surface area contributed by atoms with E-state index in [9.17, 15) is 9.59 Å². The molecule has 0 aliphatic heterocycles. The van der Waals surface area contributed by atoms with Gasteiger partial charge in [0.15, 0.2) is 0 Å². The van der Waals surface area contributed by atoms with Crippen LogP contribution in [0, 0.1) is 17.3 Å². The van der Waals surface area contributed by atoms with Gasteiger partial charge in [-0.15, -0.1) is 0 Å². The summed E-state index contributed by atoms with van der Waals surface area (Å²) in [6.07, 6.45) is 2.47. The number of Topliss-reactive ketones (excluding diaryl/α,β-unsaturated/α-hetero) is 1. The Labute approximate surface area is 90.9 Å². The van der Waals surface area contributed by atoms with Crippen molar-refractivity contribution in [3.8, 4) is 0 Å². The third-order valence-electron chi connectivity index (χ3n) is 3.90. The molecule has 0 heterocycles. The van der Waals surface area contributed by atoms with Gasteiger partial charge in [-0.3, -0.25) is 9.59 Å². The zero-order chi connectivity index (χ0) is 11.6. The van der Waals surface area contributed by atoms with Crippen LogP contribution in [0.3, 0.4) is 0 Å². The molecule has 0 aromatic heterocycles. The van der Waals surface area contributed by atoms with Crippen molar-refractivity contribution in [3.05, 3.63) is 0 Å². The molecule has 1 aliphatic rings. The molecule has 2 atom stereocenters. The first-order chi connectivity index (χ1) is 6.88. The Hall–Kier alpha value is -0.860. The van der Waals surface area contributed by atoms with Crippen LogP contribution in [0.15, 0.2) is 0 Å². The van der Waals surface area contributed by atoms with Crippen LogP contribution in [0.1, 0.15) is 46.5 Å². The van der Waals surface area contributed by atoms with Crippen LogP contribution in [0.25, 0.3) is 0 Å². The Kier molecular flexibility index (Phi) is 3.53. The van der Waals surface area contributed by atoms with Gasteiger partial charge in [0.05, 0.1) is 5.92 Å². The van der Waals surface area contributed by atoms with E-state index in [1.165, 1.54) is 0 Å².